The molecule has 0 spiro atoms. The van der Waals surface area contributed by atoms with Crippen molar-refractivity contribution in [1.82, 2.24) is 35.2 Å². The first-order chi connectivity index (χ1) is 32.8. The van der Waals surface area contributed by atoms with E-state index in [2.05, 4.69) is 10.3 Å². The summed E-state index contributed by atoms with van der Waals surface area (Å²) in [5.74, 6) is 3.71. The van der Waals surface area contributed by atoms with Gasteiger partial charge in [0.2, 0.25) is 0 Å². The van der Waals surface area contributed by atoms with Crippen molar-refractivity contribution >= 4 is 36.1 Å². The summed E-state index contributed by atoms with van der Waals surface area (Å²) in [5, 5.41) is 11.9. The number of carboxylic acid groups (broad SMARTS) is 1. The molecular weight excluding hydrogens is 897 g/mol. The Morgan fingerprint density at radius 1 is 0.638 bits per heavy atom. The fourth-order valence-electron chi connectivity index (χ4n) is 9.09. The first-order valence-corrected chi connectivity index (χ1v) is 23.8. The lowest BCUT2D eigenvalue weighted by molar-refractivity contribution is -0.143. The van der Waals surface area contributed by atoms with E-state index >= 15 is 0 Å². The number of hydrogen-bond acceptors (Lipinski definition) is 13. The van der Waals surface area contributed by atoms with Crippen LogP contribution in [-0.4, -0.2) is 158 Å². The van der Waals surface area contributed by atoms with Crippen molar-refractivity contribution < 1.29 is 62.7 Å². The lowest BCUT2D eigenvalue weighted by Gasteiger charge is -2.30. The lowest BCUT2D eigenvalue weighted by Crippen LogP contribution is -2.50. The number of ether oxygens (including phenoxy) is 2. The van der Waals surface area contributed by atoms with E-state index in [0.29, 0.717) is 65.1 Å². The van der Waals surface area contributed by atoms with E-state index in [-0.39, 0.29) is 60.9 Å². The molecule has 69 heavy (non-hydrogen) atoms. The third-order valence-corrected chi connectivity index (χ3v) is 12.4. The molecule has 21 nitrogen and oxygen atoms in total. The first kappa shape index (κ1) is 52.6. The van der Waals surface area contributed by atoms with Crippen LogP contribution in [0.25, 0.3) is 0 Å². The summed E-state index contributed by atoms with van der Waals surface area (Å²) in [5.41, 5.74) is 3.42. The Balaban J connectivity index is 0.000000189. The zero-order chi connectivity index (χ0) is 49.9. The zero-order valence-corrected chi connectivity index (χ0v) is 40.7. The summed E-state index contributed by atoms with van der Waals surface area (Å²) >= 11 is 0. The van der Waals surface area contributed by atoms with Crippen LogP contribution in [0.3, 0.4) is 0 Å². The van der Waals surface area contributed by atoms with Gasteiger partial charge >= 0.3 is 30.2 Å². The second kappa shape index (κ2) is 23.7. The van der Waals surface area contributed by atoms with E-state index in [1.807, 2.05) is 102 Å². The predicted octanol–water partition coefficient (Wildman–Crippen LogP) is 5.58. The quantitative estimate of drug-likeness (QED) is 0.208. The second-order valence-corrected chi connectivity index (χ2v) is 19.9. The minimum Gasteiger partial charge on any atom is -0.480 e. The van der Waals surface area contributed by atoms with Gasteiger partial charge in [-0.25, -0.2) is 35.3 Å². The van der Waals surface area contributed by atoms with Gasteiger partial charge in [-0.15, -0.1) is 0 Å². The van der Waals surface area contributed by atoms with Gasteiger partial charge < -0.3 is 39.0 Å². The molecule has 6 saturated heterocycles. The molecule has 0 radical (unpaired) electrons. The van der Waals surface area contributed by atoms with Gasteiger partial charge in [0.25, 0.3) is 5.91 Å². The molecule has 4 bridgehead atoms. The maximum absolute atomic E-state index is 12.9. The monoisotopic (exact) mass is 967 g/mol. The number of nitrogens with two attached hydrogens (primary N) is 1. The Bertz CT molecular complexity index is 2050. The fourth-order valence-corrected chi connectivity index (χ4v) is 9.09. The molecule has 380 valence electrons. The molecule has 7 amide bonds. The number of urea groups is 2. The fraction of sp³-hybridized carbons (Fsp3) is 0.625. The van der Waals surface area contributed by atoms with Gasteiger partial charge in [0.1, 0.15) is 36.5 Å². The number of rotatable bonds is 13. The van der Waals surface area contributed by atoms with Crippen LogP contribution < -0.4 is 11.4 Å². The largest absolute Gasteiger partial charge is 0.480 e. The van der Waals surface area contributed by atoms with Gasteiger partial charge in [-0.05, 0) is 104 Å². The molecule has 8 rings (SSSR count). The summed E-state index contributed by atoms with van der Waals surface area (Å²) in [6, 6.07) is 17.1. The number of carbonyl (C=O) groups is 6. The van der Waals surface area contributed by atoms with Crippen LogP contribution in [0.2, 0.25) is 0 Å². The highest BCUT2D eigenvalue weighted by atomic mass is 16.7. The van der Waals surface area contributed by atoms with Gasteiger partial charge in [0, 0.05) is 26.2 Å². The van der Waals surface area contributed by atoms with E-state index in [1.165, 1.54) is 15.0 Å². The predicted molar refractivity (Wildman–Crippen MR) is 248 cm³/mol. The van der Waals surface area contributed by atoms with Crippen LogP contribution in [0.1, 0.15) is 104 Å². The highest BCUT2D eigenvalue weighted by Gasteiger charge is 2.49. The Morgan fingerprint density at radius 2 is 1.07 bits per heavy atom. The number of piperidine rings is 2. The Hall–Kier alpha value is -5.74. The molecule has 6 aliphatic heterocycles. The topological polar surface area (TPSA) is 236 Å². The van der Waals surface area contributed by atoms with Crippen LogP contribution >= 0.6 is 0 Å². The van der Waals surface area contributed by atoms with Crippen molar-refractivity contribution in [3.05, 3.63) is 71.8 Å². The van der Waals surface area contributed by atoms with Gasteiger partial charge in [-0.1, -0.05) is 60.7 Å². The van der Waals surface area contributed by atoms with Crippen molar-refractivity contribution in [2.75, 3.05) is 39.4 Å². The number of likely N-dealkylation sites (tertiary alicyclic amines) is 2. The Labute approximate surface area is 403 Å². The number of nitrogens with zero attached hydrogens (tertiary/aromatic N) is 6. The van der Waals surface area contributed by atoms with Gasteiger partial charge in [0.05, 0.1) is 37.4 Å². The summed E-state index contributed by atoms with van der Waals surface area (Å²) in [7, 11) is 0. The molecule has 21 heteroatoms. The SMILES string of the molecule is CC(C)(C)OC(=O)N1CCCC1CON.CC(C)(C)OC(=O)N1CCCC1CONC(=O)[C@@H]1CC[C@@H]2CN1C(=O)N2OCc1ccccc1.O=C(O)[C@@H]1CC[C@@H]2CN1C(=O)N2OCc1ccccc1. The average Bonchev–Trinajstić information content (AvgIpc) is 4.08. The third kappa shape index (κ3) is 14.4. The second-order valence-electron chi connectivity index (χ2n) is 19.9. The lowest BCUT2D eigenvalue weighted by atomic mass is 10.0. The van der Waals surface area contributed by atoms with Crippen LogP contribution in [0.4, 0.5) is 19.2 Å². The molecule has 0 aliphatic carbocycles. The summed E-state index contributed by atoms with van der Waals surface area (Å²) in [4.78, 5) is 101. The molecule has 6 atom stereocenters. The number of hydroxylamine groups is 5. The molecule has 0 aromatic heterocycles. The van der Waals surface area contributed by atoms with E-state index in [0.717, 1.165) is 43.4 Å². The third-order valence-electron chi connectivity index (χ3n) is 12.4. The van der Waals surface area contributed by atoms with Crippen LogP contribution in [-0.2, 0) is 51.6 Å². The van der Waals surface area contributed by atoms with E-state index in [9.17, 15) is 28.8 Å². The maximum atomic E-state index is 12.9. The molecule has 0 saturated carbocycles. The van der Waals surface area contributed by atoms with Crippen LogP contribution in [0, 0.1) is 0 Å². The summed E-state index contributed by atoms with van der Waals surface area (Å²) < 4.78 is 10.7. The van der Waals surface area contributed by atoms with Gasteiger partial charge in [-0.2, -0.15) is 10.1 Å². The highest BCUT2D eigenvalue weighted by Crippen LogP contribution is 2.32. The molecular formula is C48H70N8O13. The van der Waals surface area contributed by atoms with Crippen molar-refractivity contribution in [3.63, 3.8) is 0 Å². The highest BCUT2D eigenvalue weighted by molar-refractivity contribution is 5.88. The molecule has 6 heterocycles. The van der Waals surface area contributed by atoms with Crippen molar-refractivity contribution in [2.24, 2.45) is 5.90 Å². The molecule has 2 unspecified atom stereocenters. The number of nitrogens with one attached hydrogen (secondary N) is 1. The van der Waals surface area contributed by atoms with Gasteiger partial charge in [0.15, 0.2) is 0 Å². The minimum atomic E-state index is -0.943. The standard InChI is InChI=1S/C24H34N4O6.C14H16N2O4.C10H20N2O3/c1-24(2,3)34-23(31)26-13-7-10-19(26)16-32-25-21(29)20-12-11-18-14-27(20)22(30)28(18)33-15-17-8-5-4-6-9-17;17-13(18)12-7-6-11-8-15(12)14(19)16(11)20-9-10-4-2-1-3-5-10;1-10(2,3)15-9(13)12-6-4-5-8(12)7-14-11/h4-6,8-9,18-20H,7,10-16H2,1-3H3,(H,25,29);1-5,11-12H,6-9H2,(H,17,18);8H,4-7,11H2,1-3H3/t18-,19?,20+;11-,12+;/m11./s1. The zero-order valence-electron chi connectivity index (χ0n) is 40.7. The number of benzene rings is 2. The minimum absolute atomic E-state index is 0.0400. The number of aliphatic carboxylic acids is 1. The Morgan fingerprint density at radius 3 is 1.51 bits per heavy atom. The molecule has 6 fully saturated rings. The number of fused-ring (bicyclic) bond motifs is 4. The normalized spacial score (nSPS) is 24.1. The van der Waals surface area contributed by atoms with Crippen molar-refractivity contribution in [2.45, 2.75) is 154 Å². The van der Waals surface area contributed by atoms with Crippen LogP contribution in [0.5, 0.6) is 0 Å². The summed E-state index contributed by atoms with van der Waals surface area (Å²) in [6.07, 6.45) is 5.23. The first-order valence-electron chi connectivity index (χ1n) is 23.8. The van der Waals surface area contributed by atoms with Crippen LogP contribution in [0.15, 0.2) is 60.7 Å². The van der Waals surface area contributed by atoms with Gasteiger partial charge in [-0.3, -0.25) is 19.3 Å². The number of amides is 7. The van der Waals surface area contributed by atoms with Crippen molar-refractivity contribution in [1.29, 1.82) is 0 Å². The summed E-state index contributed by atoms with van der Waals surface area (Å²) in [6.45, 7) is 14.4. The number of carbonyl (C=O) groups excluding carboxylic acids is 5. The number of hydrogen-bond donors (Lipinski definition) is 3. The van der Waals surface area contributed by atoms with Crippen molar-refractivity contribution in [3.8, 4) is 0 Å². The smallest absolute Gasteiger partial charge is 0.410 e. The molecule has 2 aromatic rings. The van der Waals surface area contributed by atoms with E-state index < -0.39 is 29.3 Å². The van der Waals surface area contributed by atoms with E-state index in [4.69, 9.17) is 35.0 Å². The van der Waals surface area contributed by atoms with E-state index in [1.54, 1.807) is 14.7 Å². The molecule has 6 aliphatic rings. The Kier molecular flexibility index (Phi) is 18.1. The number of carboxylic acids is 1. The molecule has 2 aromatic carbocycles. The molecule has 4 N–H and O–H groups in total. The average molecular weight is 967 g/mol. The maximum Gasteiger partial charge on any atom is 0.410 e.